The molecule has 11 nitrogen and oxygen atoms in total. The lowest BCUT2D eigenvalue weighted by atomic mass is 10.1. The number of nitrogens with zero attached hydrogens (tertiary/aromatic N) is 4. The van der Waals surface area contributed by atoms with Crippen LogP contribution in [0.5, 0.6) is 0 Å². The van der Waals surface area contributed by atoms with Crippen LogP contribution >= 0.6 is 11.6 Å². The second-order valence-electron chi connectivity index (χ2n) is 7.62. The molecule has 2 aromatic heterocycles. The van der Waals surface area contributed by atoms with Crippen LogP contribution < -0.4 is 11.4 Å². The van der Waals surface area contributed by atoms with E-state index in [2.05, 4.69) is 9.97 Å². The Kier molecular flexibility index (Phi) is 6.34. The van der Waals surface area contributed by atoms with E-state index in [0.29, 0.717) is 10.5 Å². The Morgan fingerprint density at radius 3 is 2.85 bits per heavy atom. The van der Waals surface area contributed by atoms with Crippen LogP contribution in [0.3, 0.4) is 0 Å². The fourth-order valence-corrected chi connectivity index (χ4v) is 4.15. The summed E-state index contributed by atoms with van der Waals surface area (Å²) in [6.07, 6.45) is -0.874. The van der Waals surface area contributed by atoms with Crippen LogP contribution in [0.1, 0.15) is 31.6 Å². The largest absolute Gasteiger partial charge is 0.469 e. The number of methoxy groups -OCH3 is 1. The predicted molar refractivity (Wildman–Crippen MR) is 117 cm³/mol. The van der Waals surface area contributed by atoms with Crippen molar-refractivity contribution in [2.24, 2.45) is 0 Å². The number of carbonyl (C=O) groups excluding carboxylic acids is 2. The minimum Gasteiger partial charge on any atom is -0.469 e. The molecule has 1 fully saturated rings. The average molecular weight is 476 g/mol. The molecule has 0 saturated carbocycles. The minimum absolute atomic E-state index is 0.0377. The number of aromatic nitrogens is 4. The number of anilines is 1. The predicted octanol–water partition coefficient (Wildman–Crippen LogP) is 1.66. The Bertz CT molecular complexity index is 1270. The van der Waals surface area contributed by atoms with Crippen molar-refractivity contribution >= 4 is 40.7 Å². The Morgan fingerprint density at radius 2 is 2.15 bits per heavy atom. The van der Waals surface area contributed by atoms with Gasteiger partial charge in [-0.1, -0.05) is 23.7 Å². The first-order valence-corrected chi connectivity index (χ1v) is 10.5. The second kappa shape index (κ2) is 9.20. The van der Waals surface area contributed by atoms with E-state index in [1.54, 1.807) is 18.2 Å². The van der Waals surface area contributed by atoms with Gasteiger partial charge in [0.1, 0.15) is 11.6 Å². The first kappa shape index (κ1) is 22.7. The van der Waals surface area contributed by atoms with E-state index < -0.39 is 36.1 Å². The lowest BCUT2D eigenvalue weighted by Crippen LogP contribution is -2.34. The average Bonchev–Trinajstić information content (AvgIpc) is 3.24. The molecule has 3 atom stereocenters. The third-order valence-electron chi connectivity index (χ3n) is 5.29. The van der Waals surface area contributed by atoms with Crippen molar-refractivity contribution in [2.75, 3.05) is 12.8 Å². The molecule has 1 saturated heterocycles. The number of halogens is 1. The highest BCUT2D eigenvalue weighted by Gasteiger charge is 2.42. The summed E-state index contributed by atoms with van der Waals surface area (Å²) in [7, 11) is 1.27. The van der Waals surface area contributed by atoms with Crippen LogP contribution in [0.15, 0.2) is 35.3 Å². The van der Waals surface area contributed by atoms with E-state index >= 15 is 0 Å². The summed E-state index contributed by atoms with van der Waals surface area (Å²) in [6, 6.07) is 7.10. The number of fused-ring (bicyclic) bond motifs is 1. The van der Waals surface area contributed by atoms with Gasteiger partial charge in [0.25, 0.3) is 0 Å². The van der Waals surface area contributed by atoms with Crippen molar-refractivity contribution in [3.8, 4) is 0 Å². The van der Waals surface area contributed by atoms with Crippen LogP contribution in [0, 0.1) is 0 Å². The maximum absolute atomic E-state index is 13.6. The van der Waals surface area contributed by atoms with E-state index in [9.17, 15) is 14.4 Å². The van der Waals surface area contributed by atoms with Crippen LogP contribution in [0.2, 0.25) is 5.02 Å². The van der Waals surface area contributed by atoms with Gasteiger partial charge in [0.15, 0.2) is 11.9 Å². The molecule has 0 aliphatic carbocycles. The summed E-state index contributed by atoms with van der Waals surface area (Å²) in [5, 5.41) is 0.532. The number of ether oxygens (including phenoxy) is 3. The quantitative estimate of drug-likeness (QED) is 0.527. The zero-order valence-corrected chi connectivity index (χ0v) is 18.7. The normalized spacial score (nSPS) is 20.2. The number of hydrogen-bond donors (Lipinski definition) is 1. The summed E-state index contributed by atoms with van der Waals surface area (Å²) in [4.78, 5) is 45.3. The summed E-state index contributed by atoms with van der Waals surface area (Å²) in [6.45, 7) is 1.45. The number of rotatable bonds is 6. The second-order valence-corrected chi connectivity index (χ2v) is 8.05. The number of carbonyl (C=O) groups is 2. The molecule has 1 aliphatic rings. The number of esters is 2. The summed E-state index contributed by atoms with van der Waals surface area (Å²) in [5.41, 5.74) is 6.75. The van der Waals surface area contributed by atoms with Crippen molar-refractivity contribution in [1.82, 2.24) is 19.1 Å². The van der Waals surface area contributed by atoms with Crippen LogP contribution in [-0.4, -0.2) is 50.4 Å². The van der Waals surface area contributed by atoms with Gasteiger partial charge >= 0.3 is 17.6 Å². The van der Waals surface area contributed by atoms with E-state index in [-0.39, 0.29) is 31.0 Å². The highest BCUT2D eigenvalue weighted by molar-refractivity contribution is 6.30. The smallest absolute Gasteiger partial charge is 0.332 e. The van der Waals surface area contributed by atoms with Crippen LogP contribution in [0.4, 0.5) is 5.95 Å². The Morgan fingerprint density at radius 1 is 1.36 bits per heavy atom. The topological polar surface area (TPSA) is 141 Å². The highest BCUT2D eigenvalue weighted by atomic mass is 35.5. The molecule has 174 valence electrons. The van der Waals surface area contributed by atoms with Gasteiger partial charge in [0.2, 0.25) is 5.95 Å². The number of imidazole rings is 1. The van der Waals surface area contributed by atoms with Gasteiger partial charge in [-0.05, 0) is 17.7 Å². The minimum atomic E-state index is -1.02. The highest BCUT2D eigenvalue weighted by Crippen LogP contribution is 2.34. The van der Waals surface area contributed by atoms with Gasteiger partial charge in [0, 0.05) is 18.4 Å². The maximum atomic E-state index is 13.6. The Labute approximate surface area is 193 Å². The molecule has 33 heavy (non-hydrogen) atoms. The molecule has 3 aromatic rings. The SMILES string of the molecule is COC(=O)C[C@@H]1C[C@@H](OC(C)=O)[C@H](n2c(=O)n(Cc3cccc(Cl)c3)c3cnc(N)nc32)O1. The first-order valence-electron chi connectivity index (χ1n) is 10.1. The fourth-order valence-electron chi connectivity index (χ4n) is 3.93. The molecular weight excluding hydrogens is 454 g/mol. The zero-order chi connectivity index (χ0) is 23.7. The van der Waals surface area contributed by atoms with Crippen molar-refractivity contribution in [2.45, 2.75) is 44.7 Å². The molecule has 0 radical (unpaired) electrons. The molecule has 1 aromatic carbocycles. The molecule has 0 spiro atoms. The Hall–Kier alpha value is -3.44. The van der Waals surface area contributed by atoms with Gasteiger partial charge in [-0.15, -0.1) is 0 Å². The monoisotopic (exact) mass is 475 g/mol. The van der Waals surface area contributed by atoms with Crippen LogP contribution in [0.25, 0.3) is 11.2 Å². The molecule has 0 bridgehead atoms. The zero-order valence-electron chi connectivity index (χ0n) is 17.9. The molecule has 3 heterocycles. The third kappa shape index (κ3) is 4.69. The van der Waals surface area contributed by atoms with E-state index in [0.717, 1.165) is 5.56 Å². The van der Waals surface area contributed by atoms with Gasteiger partial charge in [0.05, 0.1) is 32.4 Å². The summed E-state index contributed by atoms with van der Waals surface area (Å²) >= 11 is 6.10. The van der Waals surface area contributed by atoms with Gasteiger partial charge in [-0.2, -0.15) is 4.98 Å². The standard InChI is InChI=1S/C21H22ClN5O6/c1-11(28)32-16-7-14(8-17(29)31-2)33-19(16)27-18-15(9-24-20(23)25-18)26(21(27)30)10-12-4-3-5-13(22)6-12/h3-6,9,14,16,19H,7-8,10H2,1-2H3,(H2,23,24,25)/t14-,16+,19+/m0/s1. The van der Waals surface area contributed by atoms with Gasteiger partial charge < -0.3 is 19.9 Å². The molecule has 4 rings (SSSR count). The molecular formula is C21H22ClN5O6. The van der Waals surface area contributed by atoms with Gasteiger partial charge in [-0.3, -0.25) is 14.2 Å². The number of nitrogen functional groups attached to an aromatic ring is 1. The third-order valence-corrected chi connectivity index (χ3v) is 5.53. The number of hydrogen-bond acceptors (Lipinski definition) is 9. The van der Waals surface area contributed by atoms with E-state index in [1.807, 2.05) is 6.07 Å². The lowest BCUT2D eigenvalue weighted by Gasteiger charge is -2.19. The molecule has 0 unspecified atom stereocenters. The van der Waals surface area contributed by atoms with Crippen molar-refractivity contribution in [3.05, 3.63) is 51.5 Å². The first-order chi connectivity index (χ1) is 15.8. The van der Waals surface area contributed by atoms with Crippen LogP contribution in [-0.2, 0) is 30.3 Å². The van der Waals surface area contributed by atoms with Gasteiger partial charge in [-0.25, -0.2) is 14.3 Å². The lowest BCUT2D eigenvalue weighted by molar-refractivity contribution is -0.153. The summed E-state index contributed by atoms with van der Waals surface area (Å²) < 4.78 is 18.9. The Balaban J connectivity index is 1.80. The number of benzene rings is 1. The summed E-state index contributed by atoms with van der Waals surface area (Å²) in [5.74, 6) is -1.06. The van der Waals surface area contributed by atoms with Crippen molar-refractivity contribution < 1.29 is 23.8 Å². The molecule has 12 heteroatoms. The number of nitrogens with two attached hydrogens (primary N) is 1. The molecule has 2 N–H and O–H groups in total. The molecule has 1 aliphatic heterocycles. The fraction of sp³-hybridized carbons (Fsp3) is 0.381. The van der Waals surface area contributed by atoms with Crippen molar-refractivity contribution in [1.29, 1.82) is 0 Å². The maximum Gasteiger partial charge on any atom is 0.332 e. The molecule has 0 amide bonds. The van der Waals surface area contributed by atoms with E-state index in [1.165, 1.54) is 29.4 Å². The van der Waals surface area contributed by atoms with E-state index in [4.69, 9.17) is 31.5 Å². The van der Waals surface area contributed by atoms with Crippen molar-refractivity contribution in [3.63, 3.8) is 0 Å².